The number of amides is 1. The zero-order valence-corrected chi connectivity index (χ0v) is 7.28. The molecular formula is C9H10NO4+. The van der Waals surface area contributed by atoms with Gasteiger partial charge in [-0.1, -0.05) is 12.1 Å². The first-order valence-corrected chi connectivity index (χ1v) is 3.92. The van der Waals surface area contributed by atoms with Crippen molar-refractivity contribution in [2.75, 3.05) is 6.54 Å². The van der Waals surface area contributed by atoms with E-state index in [2.05, 4.69) is 5.32 Å². The average Bonchev–Trinajstić information content (AvgIpc) is 2.15. The lowest BCUT2D eigenvalue weighted by atomic mass is 10.2. The molecule has 0 radical (unpaired) electrons. The fourth-order valence-electron chi connectivity index (χ4n) is 0.921. The number of rotatable bonds is 3. The molecule has 1 rings (SSSR count). The van der Waals surface area contributed by atoms with Crippen LogP contribution in [0.5, 0.6) is 5.75 Å². The molecule has 1 aromatic carbocycles. The number of benzene rings is 1. The first-order chi connectivity index (χ1) is 6.61. The molecule has 0 unspecified atom stereocenters. The maximum atomic E-state index is 11.3. The Labute approximate surface area is 80.0 Å². The predicted octanol–water partition coefficient (Wildman–Crippen LogP) is -0.627. The summed E-state index contributed by atoms with van der Waals surface area (Å²) < 4.78 is 0. The van der Waals surface area contributed by atoms with E-state index in [0.717, 1.165) is 0 Å². The number of para-hydroxylation sites is 1. The topological polar surface area (TPSA) is 89.3 Å². The number of hydrogen-bond acceptors (Lipinski definition) is 3. The van der Waals surface area contributed by atoms with Gasteiger partial charge in [0.2, 0.25) is 0 Å². The zero-order valence-electron chi connectivity index (χ0n) is 7.28. The van der Waals surface area contributed by atoms with Crippen LogP contribution in [0, 0.1) is 0 Å². The van der Waals surface area contributed by atoms with Crippen molar-refractivity contribution < 1.29 is 19.8 Å². The molecule has 14 heavy (non-hydrogen) atoms. The summed E-state index contributed by atoms with van der Waals surface area (Å²) in [7, 11) is 0. The maximum Gasteiger partial charge on any atom is 0.535 e. The minimum absolute atomic E-state index is 0.0914. The largest absolute Gasteiger partial charge is 0.563 e. The number of phenols is 1. The summed E-state index contributed by atoms with van der Waals surface area (Å²) in [5.74, 6) is -1.60. The molecule has 0 spiro atoms. The Morgan fingerprint density at radius 3 is 2.57 bits per heavy atom. The van der Waals surface area contributed by atoms with Gasteiger partial charge in [0.15, 0.2) is 6.54 Å². The molecule has 0 aliphatic carbocycles. The van der Waals surface area contributed by atoms with Crippen LogP contribution in [0.4, 0.5) is 0 Å². The Bertz CT molecular complexity index is 362. The summed E-state index contributed by atoms with van der Waals surface area (Å²) in [4.78, 5) is 21.5. The van der Waals surface area contributed by atoms with Gasteiger partial charge in [0.1, 0.15) is 5.75 Å². The van der Waals surface area contributed by atoms with Gasteiger partial charge in [-0.3, -0.25) is 4.79 Å². The number of carbonyl (C=O) groups is 2. The first-order valence-electron chi connectivity index (χ1n) is 3.92. The molecule has 0 saturated heterocycles. The Hall–Kier alpha value is -2.04. The fourth-order valence-corrected chi connectivity index (χ4v) is 0.921. The van der Waals surface area contributed by atoms with Gasteiger partial charge in [0.05, 0.1) is 5.56 Å². The van der Waals surface area contributed by atoms with Crippen LogP contribution in [0.25, 0.3) is 0 Å². The van der Waals surface area contributed by atoms with Gasteiger partial charge in [0, 0.05) is 4.79 Å². The molecule has 1 amide bonds. The lowest BCUT2D eigenvalue weighted by Gasteiger charge is -2.02. The average molecular weight is 196 g/mol. The summed E-state index contributed by atoms with van der Waals surface area (Å²) in [5, 5.41) is 18.0. The Morgan fingerprint density at radius 2 is 2.00 bits per heavy atom. The third-order valence-corrected chi connectivity index (χ3v) is 1.56. The minimum atomic E-state index is -0.881. The fraction of sp³-hybridized carbons (Fsp3) is 0.111. The highest BCUT2D eigenvalue weighted by atomic mass is 16.4. The van der Waals surface area contributed by atoms with Gasteiger partial charge in [-0.15, -0.1) is 0 Å². The highest BCUT2D eigenvalue weighted by Gasteiger charge is 2.13. The number of nitrogens with one attached hydrogen (secondary N) is 1. The van der Waals surface area contributed by atoms with Crippen LogP contribution in [0.15, 0.2) is 24.3 Å². The lowest BCUT2D eigenvalue weighted by Crippen LogP contribution is -2.29. The van der Waals surface area contributed by atoms with Crippen molar-refractivity contribution in [2.45, 2.75) is 0 Å². The summed E-state index contributed by atoms with van der Waals surface area (Å²) in [6.07, 6.45) is 0. The normalized spacial score (nSPS) is 9.43. The summed E-state index contributed by atoms with van der Waals surface area (Å²) >= 11 is 0. The third-order valence-electron chi connectivity index (χ3n) is 1.56. The van der Waals surface area contributed by atoms with E-state index < -0.39 is 11.9 Å². The van der Waals surface area contributed by atoms with Crippen LogP contribution in [0.2, 0.25) is 0 Å². The van der Waals surface area contributed by atoms with E-state index in [-0.39, 0.29) is 17.9 Å². The third kappa shape index (κ3) is 2.48. The molecule has 4 N–H and O–H groups in total. The van der Waals surface area contributed by atoms with E-state index >= 15 is 0 Å². The van der Waals surface area contributed by atoms with E-state index in [1.54, 1.807) is 12.1 Å². The molecule has 0 aromatic heterocycles. The summed E-state index contributed by atoms with van der Waals surface area (Å²) in [6.45, 7) is -0.354. The standard InChI is InChI=1S/C9H9NO4/c11-7-4-2-1-3-6(7)9(14)10-5-8(12)13/h1-4,11H,5H2,(H,10,14)(H,12,13)/p+1. The minimum Gasteiger partial charge on any atom is -0.563 e. The van der Waals surface area contributed by atoms with E-state index in [9.17, 15) is 14.7 Å². The molecule has 5 heteroatoms. The molecule has 0 fully saturated rings. The second-order valence-corrected chi connectivity index (χ2v) is 2.62. The van der Waals surface area contributed by atoms with Crippen LogP contribution in [0.3, 0.4) is 0 Å². The van der Waals surface area contributed by atoms with Gasteiger partial charge in [-0.2, -0.15) is 0 Å². The number of aromatic hydroxyl groups is 1. The van der Waals surface area contributed by atoms with Crippen molar-refractivity contribution in [3.8, 4) is 5.75 Å². The van der Waals surface area contributed by atoms with E-state index in [0.29, 0.717) is 0 Å². The van der Waals surface area contributed by atoms with Crippen molar-refractivity contribution in [3.05, 3.63) is 29.8 Å². The van der Waals surface area contributed by atoms with Crippen LogP contribution >= 0.6 is 0 Å². The maximum absolute atomic E-state index is 11.3. The van der Waals surface area contributed by atoms with Crippen molar-refractivity contribution in [3.63, 3.8) is 0 Å². The second-order valence-electron chi connectivity index (χ2n) is 2.62. The molecule has 0 bridgehead atoms. The van der Waals surface area contributed by atoms with Crippen molar-refractivity contribution >= 4 is 11.9 Å². The Balaban J connectivity index is 2.70. The van der Waals surface area contributed by atoms with Gasteiger partial charge >= 0.3 is 5.97 Å². The predicted molar refractivity (Wildman–Crippen MR) is 49.1 cm³/mol. The quantitative estimate of drug-likeness (QED) is 0.631. The highest BCUT2D eigenvalue weighted by Crippen LogP contribution is 2.14. The van der Waals surface area contributed by atoms with Crippen molar-refractivity contribution in [1.29, 1.82) is 0 Å². The van der Waals surface area contributed by atoms with Gasteiger partial charge in [-0.05, 0) is 12.1 Å². The zero-order chi connectivity index (χ0) is 10.6. The Morgan fingerprint density at radius 1 is 1.36 bits per heavy atom. The van der Waals surface area contributed by atoms with E-state index in [1.165, 1.54) is 12.1 Å². The molecule has 0 saturated carbocycles. The van der Waals surface area contributed by atoms with Crippen LogP contribution in [0.1, 0.15) is 10.4 Å². The van der Waals surface area contributed by atoms with E-state index in [1.807, 2.05) is 0 Å². The number of carbonyl (C=O) groups excluding carboxylic acids is 2. The molecule has 1 aromatic rings. The smallest absolute Gasteiger partial charge is 0.535 e. The van der Waals surface area contributed by atoms with Crippen LogP contribution in [-0.2, 0) is 4.79 Å². The van der Waals surface area contributed by atoms with Crippen molar-refractivity contribution in [1.82, 2.24) is 5.32 Å². The monoisotopic (exact) mass is 196 g/mol. The molecule has 0 atom stereocenters. The SMILES string of the molecule is O=C([OH2+])CNC(=O)c1ccccc1O. The second kappa shape index (κ2) is 4.27. The first kappa shape index (κ1) is 10.0. The Kier molecular flexibility index (Phi) is 3.06. The summed E-state index contributed by atoms with van der Waals surface area (Å²) in [6, 6.07) is 5.98. The van der Waals surface area contributed by atoms with E-state index in [4.69, 9.17) is 5.11 Å². The lowest BCUT2D eigenvalue weighted by molar-refractivity contribution is -0.135. The van der Waals surface area contributed by atoms with Crippen LogP contribution in [-0.4, -0.2) is 28.6 Å². The number of phenolic OH excluding ortho intramolecular Hbond substituents is 1. The van der Waals surface area contributed by atoms with Crippen LogP contribution < -0.4 is 5.32 Å². The van der Waals surface area contributed by atoms with Crippen molar-refractivity contribution in [2.24, 2.45) is 0 Å². The molecular weight excluding hydrogens is 186 g/mol. The molecule has 0 aliphatic rings. The molecule has 5 nitrogen and oxygen atoms in total. The highest BCUT2D eigenvalue weighted by molar-refractivity contribution is 5.98. The van der Waals surface area contributed by atoms with Gasteiger partial charge in [-0.25, -0.2) is 0 Å². The number of hydrogen-bond donors (Lipinski definition) is 2. The molecule has 0 heterocycles. The van der Waals surface area contributed by atoms with Gasteiger partial charge in [0.25, 0.3) is 5.91 Å². The molecule has 74 valence electrons. The van der Waals surface area contributed by atoms with Gasteiger partial charge < -0.3 is 15.5 Å². The summed E-state index contributed by atoms with van der Waals surface area (Å²) in [5.41, 5.74) is 0.0914. The molecule has 0 aliphatic heterocycles.